The van der Waals surface area contributed by atoms with Gasteiger partial charge in [-0.15, -0.1) is 10.1 Å². The zero-order chi connectivity index (χ0) is 21.6. The summed E-state index contributed by atoms with van der Waals surface area (Å²) in [6, 6.07) is 4.12. The van der Waals surface area contributed by atoms with Gasteiger partial charge in [-0.2, -0.15) is 13.2 Å². The predicted octanol–water partition coefficient (Wildman–Crippen LogP) is 2.70. The highest BCUT2D eigenvalue weighted by Gasteiger charge is 2.45. The number of hydrogen-bond acceptors (Lipinski definition) is 6. The zero-order valence-corrected chi connectivity index (χ0v) is 15.3. The molecule has 0 fully saturated rings. The average Bonchev–Trinajstić information content (AvgIpc) is 2.60. The minimum atomic E-state index is -4.62. The van der Waals surface area contributed by atoms with E-state index in [1.165, 1.54) is 12.3 Å². The number of pyridine rings is 1. The summed E-state index contributed by atoms with van der Waals surface area (Å²) < 4.78 is 46.3. The predicted molar refractivity (Wildman–Crippen MR) is 92.8 cm³/mol. The van der Waals surface area contributed by atoms with Gasteiger partial charge in [0, 0.05) is 17.8 Å². The Morgan fingerprint density at radius 1 is 1.31 bits per heavy atom. The van der Waals surface area contributed by atoms with E-state index in [0.717, 1.165) is 28.8 Å². The van der Waals surface area contributed by atoms with Crippen molar-refractivity contribution in [3.8, 4) is 5.75 Å². The SMILES string of the molecule is CC1(C)Oc2ccc(C(F)(F)F)cc2[C@@H](n2ccc(CO[N+](=O)[O-])cc2=O)[C@@H]1O. The van der Waals surface area contributed by atoms with Crippen LogP contribution >= 0.6 is 0 Å². The van der Waals surface area contributed by atoms with E-state index in [2.05, 4.69) is 4.84 Å². The number of alkyl halides is 3. The van der Waals surface area contributed by atoms with Crippen molar-refractivity contribution < 1.29 is 32.9 Å². The van der Waals surface area contributed by atoms with Crippen LogP contribution in [0.5, 0.6) is 5.75 Å². The summed E-state index contributed by atoms with van der Waals surface area (Å²) in [5.41, 5.74) is -2.60. The van der Waals surface area contributed by atoms with Gasteiger partial charge in [0.05, 0.1) is 11.6 Å². The highest BCUT2D eigenvalue weighted by atomic mass is 19.4. The highest BCUT2D eigenvalue weighted by Crippen LogP contribution is 2.43. The van der Waals surface area contributed by atoms with Crippen molar-refractivity contribution in [1.29, 1.82) is 0 Å². The summed E-state index contributed by atoms with van der Waals surface area (Å²) in [7, 11) is 0. The lowest BCUT2D eigenvalue weighted by Crippen LogP contribution is -2.52. The second kappa shape index (κ2) is 7.07. The molecule has 1 aliphatic heterocycles. The molecule has 8 nitrogen and oxygen atoms in total. The number of aliphatic hydroxyl groups excluding tert-OH is 1. The van der Waals surface area contributed by atoms with Gasteiger partial charge < -0.3 is 19.2 Å². The maximum absolute atomic E-state index is 13.2. The molecule has 11 heteroatoms. The van der Waals surface area contributed by atoms with Crippen LogP contribution in [0, 0.1) is 10.1 Å². The Hall–Kier alpha value is -3.08. The molecule has 2 aromatic rings. The standard InChI is InChI=1S/C18H17F3N2O6/c1-17(2)16(25)15(12-8-11(18(19,20)21)3-4-13(12)29-17)22-6-5-10(7-14(22)24)9-28-23(26)27/h3-8,15-16,25H,9H2,1-2H3/t15-,16+/m1/s1. The lowest BCUT2D eigenvalue weighted by molar-refractivity contribution is -0.763. The molecule has 2 heterocycles. The molecule has 1 aliphatic rings. The second-order valence-corrected chi connectivity index (χ2v) is 7.12. The summed E-state index contributed by atoms with van der Waals surface area (Å²) in [4.78, 5) is 27.1. The highest BCUT2D eigenvalue weighted by molar-refractivity contribution is 5.44. The molecule has 1 aromatic carbocycles. The molecule has 1 N–H and O–H groups in total. The molecule has 0 radical (unpaired) electrons. The van der Waals surface area contributed by atoms with Crippen LogP contribution in [0.25, 0.3) is 0 Å². The van der Waals surface area contributed by atoms with E-state index in [1.54, 1.807) is 13.8 Å². The molecule has 29 heavy (non-hydrogen) atoms. The summed E-state index contributed by atoms with van der Waals surface area (Å²) in [6.45, 7) is 2.64. The lowest BCUT2D eigenvalue weighted by atomic mass is 9.85. The third-order valence-electron chi connectivity index (χ3n) is 4.69. The van der Waals surface area contributed by atoms with Crippen molar-refractivity contribution in [3.63, 3.8) is 0 Å². The van der Waals surface area contributed by atoms with Crippen molar-refractivity contribution >= 4 is 0 Å². The minimum absolute atomic E-state index is 0.00282. The van der Waals surface area contributed by atoms with Crippen LogP contribution in [0.1, 0.15) is 36.6 Å². The summed E-state index contributed by atoms with van der Waals surface area (Å²) in [5, 5.41) is 20.1. The molecule has 0 amide bonds. The van der Waals surface area contributed by atoms with Crippen LogP contribution in [0.4, 0.5) is 13.2 Å². The number of fused-ring (bicyclic) bond motifs is 1. The first-order chi connectivity index (χ1) is 13.4. The third kappa shape index (κ3) is 4.04. The van der Waals surface area contributed by atoms with E-state index in [9.17, 15) is 33.2 Å². The van der Waals surface area contributed by atoms with Crippen LogP contribution in [0.3, 0.4) is 0 Å². The Kier molecular flexibility index (Phi) is 5.03. The second-order valence-electron chi connectivity index (χ2n) is 7.12. The van der Waals surface area contributed by atoms with Gasteiger partial charge in [-0.1, -0.05) is 0 Å². The quantitative estimate of drug-likeness (QED) is 0.610. The Morgan fingerprint density at radius 3 is 2.59 bits per heavy atom. The summed E-state index contributed by atoms with van der Waals surface area (Å²) >= 11 is 0. The van der Waals surface area contributed by atoms with E-state index in [1.807, 2.05) is 0 Å². The van der Waals surface area contributed by atoms with Crippen LogP contribution in [-0.4, -0.2) is 26.5 Å². The Labute approximate surface area is 162 Å². The van der Waals surface area contributed by atoms with E-state index in [-0.39, 0.29) is 16.9 Å². The van der Waals surface area contributed by atoms with Crippen molar-refractivity contribution in [2.75, 3.05) is 0 Å². The van der Waals surface area contributed by atoms with Gasteiger partial charge >= 0.3 is 6.18 Å². The van der Waals surface area contributed by atoms with Gasteiger partial charge in [0.15, 0.2) is 0 Å². The fourth-order valence-corrected chi connectivity index (χ4v) is 3.22. The number of aliphatic hydroxyl groups is 1. The number of rotatable bonds is 4. The zero-order valence-electron chi connectivity index (χ0n) is 15.3. The third-order valence-corrected chi connectivity index (χ3v) is 4.69. The van der Waals surface area contributed by atoms with Gasteiger partial charge in [0.1, 0.15) is 24.1 Å². The molecule has 3 rings (SSSR count). The molecule has 0 aliphatic carbocycles. The number of nitrogens with zero attached hydrogens (tertiary/aromatic N) is 2. The van der Waals surface area contributed by atoms with Crippen LogP contribution in [0.2, 0.25) is 0 Å². The van der Waals surface area contributed by atoms with E-state index in [0.29, 0.717) is 0 Å². The number of aromatic nitrogens is 1. The van der Waals surface area contributed by atoms with E-state index < -0.39 is 46.7 Å². The maximum Gasteiger partial charge on any atom is 0.416 e. The Balaban J connectivity index is 2.11. The maximum atomic E-state index is 13.2. The van der Waals surface area contributed by atoms with Crippen molar-refractivity contribution in [3.05, 3.63) is 73.7 Å². The average molecular weight is 414 g/mol. The monoisotopic (exact) mass is 414 g/mol. The van der Waals surface area contributed by atoms with Gasteiger partial charge in [0.2, 0.25) is 0 Å². The number of benzene rings is 1. The van der Waals surface area contributed by atoms with E-state index >= 15 is 0 Å². The van der Waals surface area contributed by atoms with Crippen LogP contribution < -0.4 is 10.3 Å². The topological polar surface area (TPSA) is 104 Å². The fraction of sp³-hybridized carbons (Fsp3) is 0.389. The number of halogens is 3. The molecular weight excluding hydrogens is 397 g/mol. The molecule has 2 atom stereocenters. The smallest absolute Gasteiger partial charge is 0.416 e. The van der Waals surface area contributed by atoms with Gasteiger partial charge in [0.25, 0.3) is 10.6 Å². The van der Waals surface area contributed by atoms with Crippen LogP contribution in [-0.2, 0) is 17.6 Å². The molecule has 0 unspecified atom stereocenters. The fourth-order valence-electron chi connectivity index (χ4n) is 3.22. The Bertz CT molecular complexity index is 1000. The largest absolute Gasteiger partial charge is 0.485 e. The number of hydrogen-bond donors (Lipinski definition) is 1. The first kappa shape index (κ1) is 20.6. The molecule has 0 spiro atoms. The summed E-state index contributed by atoms with van der Waals surface area (Å²) in [5.74, 6) is 0.117. The molecule has 0 bridgehead atoms. The first-order valence-corrected chi connectivity index (χ1v) is 8.47. The molecule has 156 valence electrons. The van der Waals surface area contributed by atoms with E-state index in [4.69, 9.17) is 4.74 Å². The Morgan fingerprint density at radius 2 is 2.00 bits per heavy atom. The normalized spacial score (nSPS) is 20.5. The molecule has 0 saturated heterocycles. The number of ether oxygens (including phenoxy) is 1. The van der Waals surface area contributed by atoms with Crippen molar-refractivity contribution in [2.45, 2.75) is 44.4 Å². The molecular formula is C18H17F3N2O6. The van der Waals surface area contributed by atoms with Crippen molar-refractivity contribution in [1.82, 2.24) is 4.57 Å². The van der Waals surface area contributed by atoms with Crippen LogP contribution in [0.15, 0.2) is 41.3 Å². The molecule has 1 aromatic heterocycles. The minimum Gasteiger partial charge on any atom is -0.485 e. The molecule has 0 saturated carbocycles. The van der Waals surface area contributed by atoms with Gasteiger partial charge in [-0.3, -0.25) is 4.79 Å². The van der Waals surface area contributed by atoms with Gasteiger partial charge in [-0.25, -0.2) is 0 Å². The van der Waals surface area contributed by atoms with Gasteiger partial charge in [-0.05, 0) is 43.7 Å². The van der Waals surface area contributed by atoms with Crippen molar-refractivity contribution in [2.24, 2.45) is 0 Å². The summed E-state index contributed by atoms with van der Waals surface area (Å²) in [6.07, 6.45) is -4.72. The first-order valence-electron chi connectivity index (χ1n) is 8.47. The lowest BCUT2D eigenvalue weighted by Gasteiger charge is -2.42.